The molecule has 0 radical (unpaired) electrons. The first-order valence-electron chi connectivity index (χ1n) is 8.75. The first-order valence-corrected chi connectivity index (χ1v) is 8.75. The maximum absolute atomic E-state index is 12.9. The van der Waals surface area contributed by atoms with Crippen molar-refractivity contribution in [2.24, 2.45) is 5.41 Å². The lowest BCUT2D eigenvalue weighted by atomic mass is 9.83. The fourth-order valence-corrected chi connectivity index (χ4v) is 3.91. The second kappa shape index (κ2) is 5.31. The van der Waals surface area contributed by atoms with E-state index in [9.17, 15) is 4.79 Å². The Morgan fingerprint density at radius 2 is 1.76 bits per heavy atom. The second-order valence-corrected chi connectivity index (χ2v) is 7.23. The van der Waals surface area contributed by atoms with Crippen molar-refractivity contribution >= 4 is 17.2 Å². The van der Waals surface area contributed by atoms with Crippen molar-refractivity contribution in [1.29, 1.82) is 0 Å². The minimum atomic E-state index is 0.231. The fourth-order valence-electron chi connectivity index (χ4n) is 3.91. The molecule has 4 heteroatoms. The highest BCUT2D eigenvalue weighted by molar-refractivity contribution is 6.08. The van der Waals surface area contributed by atoms with Gasteiger partial charge in [-0.15, -0.1) is 0 Å². The quantitative estimate of drug-likeness (QED) is 0.730. The minimum Gasteiger partial charge on any atom is -0.356 e. The van der Waals surface area contributed by atoms with Gasteiger partial charge in [-0.05, 0) is 48.9 Å². The number of hydrogen-bond donors (Lipinski definition) is 2. The molecular formula is C21H19N3O. The third-order valence-electron chi connectivity index (χ3n) is 5.41. The van der Waals surface area contributed by atoms with Crippen LogP contribution < -0.4 is 5.32 Å². The third-order valence-corrected chi connectivity index (χ3v) is 5.41. The van der Waals surface area contributed by atoms with E-state index in [2.05, 4.69) is 15.3 Å². The van der Waals surface area contributed by atoms with Crippen LogP contribution in [-0.4, -0.2) is 15.8 Å². The number of para-hydroxylation sites is 1. The predicted octanol–water partition coefficient (Wildman–Crippen LogP) is 4.73. The van der Waals surface area contributed by atoms with Gasteiger partial charge >= 0.3 is 0 Å². The first-order chi connectivity index (χ1) is 12.2. The molecule has 1 aromatic carbocycles. The number of hydrogen-bond acceptors (Lipinski definition) is 3. The molecule has 0 bridgehead atoms. The number of fused-ring (bicyclic) bond motifs is 1. The highest BCUT2D eigenvalue weighted by atomic mass is 16.1. The van der Waals surface area contributed by atoms with Crippen LogP contribution in [0.1, 0.15) is 35.3 Å². The molecular weight excluding hydrogens is 310 g/mol. The van der Waals surface area contributed by atoms with Gasteiger partial charge in [-0.1, -0.05) is 18.2 Å². The van der Waals surface area contributed by atoms with Crippen LogP contribution >= 0.6 is 0 Å². The van der Waals surface area contributed by atoms with Crippen molar-refractivity contribution in [2.75, 3.05) is 5.32 Å². The molecule has 4 nitrogen and oxygen atoms in total. The van der Waals surface area contributed by atoms with E-state index in [0.717, 1.165) is 40.3 Å². The molecule has 2 heterocycles. The van der Waals surface area contributed by atoms with Gasteiger partial charge in [-0.2, -0.15) is 0 Å². The summed E-state index contributed by atoms with van der Waals surface area (Å²) in [5, 5.41) is 3.48. The molecule has 0 unspecified atom stereocenters. The molecule has 3 aromatic rings. The minimum absolute atomic E-state index is 0.231. The Bertz CT molecular complexity index is 940. The van der Waals surface area contributed by atoms with Gasteiger partial charge in [0.15, 0.2) is 5.78 Å². The van der Waals surface area contributed by atoms with E-state index < -0.39 is 0 Å². The second-order valence-electron chi connectivity index (χ2n) is 7.23. The molecule has 25 heavy (non-hydrogen) atoms. The van der Waals surface area contributed by atoms with Crippen molar-refractivity contribution < 1.29 is 4.79 Å². The molecule has 1 fully saturated rings. The van der Waals surface area contributed by atoms with Crippen molar-refractivity contribution in [3.63, 3.8) is 0 Å². The summed E-state index contributed by atoms with van der Waals surface area (Å²) in [4.78, 5) is 20.6. The maximum atomic E-state index is 12.9. The molecule has 5 rings (SSSR count). The molecule has 2 N–H and O–H groups in total. The van der Waals surface area contributed by atoms with Gasteiger partial charge in [0, 0.05) is 35.8 Å². The molecule has 0 amide bonds. The number of anilines is 2. The average Bonchev–Trinajstić information content (AvgIpc) is 3.27. The number of H-pyrrole nitrogens is 1. The highest BCUT2D eigenvalue weighted by Crippen LogP contribution is 2.56. The summed E-state index contributed by atoms with van der Waals surface area (Å²) in [6.45, 7) is 0. The van der Waals surface area contributed by atoms with E-state index in [1.807, 2.05) is 42.5 Å². The number of nitrogens with zero attached hydrogens (tertiary/aromatic N) is 1. The molecule has 0 aliphatic heterocycles. The van der Waals surface area contributed by atoms with E-state index >= 15 is 0 Å². The number of carbonyl (C=O) groups excluding carboxylic acids is 1. The van der Waals surface area contributed by atoms with Gasteiger partial charge in [0.25, 0.3) is 0 Å². The molecule has 1 spiro atoms. The van der Waals surface area contributed by atoms with E-state index in [-0.39, 0.29) is 11.2 Å². The molecule has 0 atom stereocenters. The lowest BCUT2D eigenvalue weighted by Gasteiger charge is -2.21. The normalized spacial score (nSPS) is 17.4. The summed E-state index contributed by atoms with van der Waals surface area (Å²) in [6.07, 6.45) is 7.56. The summed E-state index contributed by atoms with van der Waals surface area (Å²) < 4.78 is 0. The van der Waals surface area contributed by atoms with Gasteiger partial charge in [-0.3, -0.25) is 9.78 Å². The van der Waals surface area contributed by atoms with Crippen molar-refractivity contribution in [3.8, 4) is 11.3 Å². The zero-order chi connectivity index (χ0) is 16.9. The highest BCUT2D eigenvalue weighted by Gasteiger charge is 2.49. The van der Waals surface area contributed by atoms with Gasteiger partial charge in [0.05, 0.1) is 16.9 Å². The van der Waals surface area contributed by atoms with Crippen molar-refractivity contribution in [3.05, 3.63) is 66.1 Å². The number of Topliss-reactive ketones (excluding diaryl/α,β-unsaturated/α-hetero) is 1. The molecule has 1 saturated carbocycles. The van der Waals surface area contributed by atoms with E-state index in [1.165, 1.54) is 12.8 Å². The number of benzene rings is 1. The summed E-state index contributed by atoms with van der Waals surface area (Å²) >= 11 is 0. The average molecular weight is 329 g/mol. The van der Waals surface area contributed by atoms with Crippen molar-refractivity contribution in [2.45, 2.75) is 25.7 Å². The van der Waals surface area contributed by atoms with Crippen LogP contribution in [0.2, 0.25) is 0 Å². The van der Waals surface area contributed by atoms with Gasteiger partial charge in [-0.25, -0.2) is 0 Å². The smallest absolute Gasteiger partial charge is 0.167 e. The Morgan fingerprint density at radius 3 is 2.48 bits per heavy atom. The molecule has 2 aliphatic rings. The third kappa shape index (κ3) is 2.45. The van der Waals surface area contributed by atoms with E-state index in [1.54, 1.807) is 12.4 Å². The topological polar surface area (TPSA) is 57.8 Å². The maximum Gasteiger partial charge on any atom is 0.167 e. The molecule has 0 saturated heterocycles. The van der Waals surface area contributed by atoms with Crippen LogP contribution in [0.3, 0.4) is 0 Å². The van der Waals surface area contributed by atoms with Crippen LogP contribution in [0.4, 0.5) is 11.4 Å². The summed E-state index contributed by atoms with van der Waals surface area (Å²) in [7, 11) is 0. The number of ketones is 1. The largest absolute Gasteiger partial charge is 0.356 e. The fraction of sp³-hybridized carbons (Fsp3) is 0.238. The number of pyridine rings is 1. The van der Waals surface area contributed by atoms with Crippen molar-refractivity contribution in [1.82, 2.24) is 9.97 Å². The standard InChI is InChI=1S/C21H19N3O/c25-17-13-21(8-9-21)12-16-18(17)20(23-15-4-2-1-3-5-15)19(24-16)14-6-10-22-11-7-14/h1-7,10-11,23-24H,8-9,12-13H2. The predicted molar refractivity (Wildman–Crippen MR) is 98.1 cm³/mol. The number of aromatic nitrogens is 2. The van der Waals surface area contributed by atoms with Crippen LogP contribution in [0.15, 0.2) is 54.9 Å². The number of rotatable bonds is 3. The lowest BCUT2D eigenvalue weighted by Crippen LogP contribution is -2.21. The van der Waals surface area contributed by atoms with Crippen LogP contribution in [-0.2, 0) is 6.42 Å². The number of nitrogens with one attached hydrogen (secondary N) is 2. The Labute approximate surface area is 146 Å². The first kappa shape index (κ1) is 14.5. The summed E-state index contributed by atoms with van der Waals surface area (Å²) in [6, 6.07) is 14.0. The summed E-state index contributed by atoms with van der Waals surface area (Å²) in [5.41, 5.74) is 6.05. The Hall–Kier alpha value is -2.88. The van der Waals surface area contributed by atoms with Crippen LogP contribution in [0, 0.1) is 5.41 Å². The monoisotopic (exact) mass is 329 g/mol. The lowest BCUT2D eigenvalue weighted by molar-refractivity contribution is 0.0942. The van der Waals surface area contributed by atoms with Gasteiger partial charge in [0.2, 0.25) is 0 Å². The van der Waals surface area contributed by atoms with Gasteiger partial charge in [0.1, 0.15) is 0 Å². The Balaban J connectivity index is 1.66. The Morgan fingerprint density at radius 1 is 1.00 bits per heavy atom. The van der Waals surface area contributed by atoms with E-state index in [0.29, 0.717) is 6.42 Å². The van der Waals surface area contributed by atoms with Gasteiger partial charge < -0.3 is 10.3 Å². The van der Waals surface area contributed by atoms with E-state index in [4.69, 9.17) is 0 Å². The van der Waals surface area contributed by atoms with Crippen LogP contribution in [0.25, 0.3) is 11.3 Å². The van der Waals surface area contributed by atoms with Crippen LogP contribution in [0.5, 0.6) is 0 Å². The molecule has 2 aromatic heterocycles. The Kier molecular flexibility index (Phi) is 3.07. The zero-order valence-electron chi connectivity index (χ0n) is 13.9. The molecule has 2 aliphatic carbocycles. The SMILES string of the molecule is O=C1CC2(CC2)Cc2[nH]c(-c3ccncc3)c(Nc3ccccc3)c21. The summed E-state index contributed by atoms with van der Waals surface area (Å²) in [5.74, 6) is 0.258. The number of carbonyl (C=O) groups is 1. The number of aromatic amines is 1. The zero-order valence-corrected chi connectivity index (χ0v) is 13.9. The molecule has 124 valence electrons.